The Morgan fingerprint density at radius 1 is 1.08 bits per heavy atom. The highest BCUT2D eigenvalue weighted by atomic mass is 32.2. The van der Waals surface area contributed by atoms with Crippen LogP contribution in [0.1, 0.15) is 17.0 Å². The van der Waals surface area contributed by atoms with Gasteiger partial charge in [0, 0.05) is 11.1 Å². The Morgan fingerprint density at radius 2 is 1.88 bits per heavy atom. The second-order valence-corrected chi connectivity index (χ2v) is 7.58. The molecule has 0 unspecified atom stereocenters. The van der Waals surface area contributed by atoms with Crippen molar-refractivity contribution in [2.75, 3.05) is 0 Å². The summed E-state index contributed by atoms with van der Waals surface area (Å²) in [6.07, 6.45) is 0. The van der Waals surface area contributed by atoms with Gasteiger partial charge in [0.05, 0.1) is 16.3 Å². The van der Waals surface area contributed by atoms with Crippen LogP contribution >= 0.6 is 24.0 Å². The maximum Gasteiger partial charge on any atom is 0.199 e. The maximum atomic E-state index is 5.40. The topological polar surface area (TPSA) is 46.5 Å². The standard InChI is InChI=1S/C20H18N4S2/c1-13-8-9-17-16(10-13)14(2)11-19(21-17)26-12-18-22-23-20(25)24(18)15-6-4-3-5-7-15/h3-11H,12H2,1-2H3,(H,23,25). The third-order valence-electron chi connectivity index (χ3n) is 4.25. The molecule has 0 fully saturated rings. The molecule has 0 atom stereocenters. The van der Waals surface area contributed by atoms with E-state index in [1.807, 2.05) is 34.9 Å². The van der Waals surface area contributed by atoms with Gasteiger partial charge in [-0.1, -0.05) is 41.6 Å². The van der Waals surface area contributed by atoms with E-state index in [9.17, 15) is 0 Å². The van der Waals surface area contributed by atoms with Crippen LogP contribution in [0.15, 0.2) is 59.6 Å². The minimum absolute atomic E-state index is 0.602. The molecule has 0 amide bonds. The first kappa shape index (κ1) is 17.0. The number of thioether (sulfide) groups is 1. The molecular weight excluding hydrogens is 360 g/mol. The van der Waals surface area contributed by atoms with E-state index in [1.165, 1.54) is 16.5 Å². The molecule has 0 aliphatic heterocycles. The highest BCUT2D eigenvalue weighted by Crippen LogP contribution is 2.27. The van der Waals surface area contributed by atoms with Crippen LogP contribution < -0.4 is 0 Å². The zero-order valence-electron chi connectivity index (χ0n) is 14.6. The van der Waals surface area contributed by atoms with Crippen molar-refractivity contribution in [1.82, 2.24) is 19.7 Å². The van der Waals surface area contributed by atoms with Gasteiger partial charge in [0.25, 0.3) is 0 Å². The minimum Gasteiger partial charge on any atom is -0.271 e. The highest BCUT2D eigenvalue weighted by Gasteiger charge is 2.10. The predicted octanol–water partition coefficient (Wildman–Crippen LogP) is 5.39. The molecule has 0 bridgehead atoms. The van der Waals surface area contributed by atoms with Gasteiger partial charge >= 0.3 is 0 Å². The Hall–Kier alpha value is -2.44. The Bertz CT molecular complexity index is 1130. The number of aromatic nitrogens is 4. The second-order valence-electron chi connectivity index (χ2n) is 6.20. The van der Waals surface area contributed by atoms with Gasteiger partial charge in [0.2, 0.25) is 0 Å². The Balaban J connectivity index is 1.64. The van der Waals surface area contributed by atoms with Crippen molar-refractivity contribution in [3.8, 4) is 5.69 Å². The third-order valence-corrected chi connectivity index (χ3v) is 5.43. The number of nitrogens with one attached hydrogen (secondary N) is 1. The number of fused-ring (bicyclic) bond motifs is 1. The first-order chi connectivity index (χ1) is 12.6. The fourth-order valence-electron chi connectivity index (χ4n) is 2.96. The zero-order valence-corrected chi connectivity index (χ0v) is 16.2. The van der Waals surface area contributed by atoms with Crippen molar-refractivity contribution < 1.29 is 0 Å². The SMILES string of the molecule is Cc1ccc2nc(SCc3n[nH]c(=S)n3-c3ccccc3)cc(C)c2c1. The average Bonchev–Trinajstić information content (AvgIpc) is 3.02. The van der Waals surface area contributed by atoms with Crippen LogP contribution in [0.4, 0.5) is 0 Å². The second kappa shape index (κ2) is 7.05. The van der Waals surface area contributed by atoms with Crippen LogP contribution in [0, 0.1) is 18.6 Å². The predicted molar refractivity (Wildman–Crippen MR) is 110 cm³/mol. The molecule has 0 aliphatic rings. The summed E-state index contributed by atoms with van der Waals surface area (Å²) in [7, 11) is 0. The highest BCUT2D eigenvalue weighted by molar-refractivity contribution is 7.98. The van der Waals surface area contributed by atoms with Gasteiger partial charge in [-0.25, -0.2) is 4.98 Å². The van der Waals surface area contributed by atoms with Crippen molar-refractivity contribution in [2.45, 2.75) is 24.6 Å². The normalized spacial score (nSPS) is 11.2. The number of benzene rings is 2. The van der Waals surface area contributed by atoms with Crippen LogP contribution in [0.25, 0.3) is 16.6 Å². The number of pyridine rings is 1. The average molecular weight is 379 g/mol. The van der Waals surface area contributed by atoms with Gasteiger partial charge in [-0.05, 0) is 62.0 Å². The van der Waals surface area contributed by atoms with Crippen LogP contribution in [0.2, 0.25) is 0 Å². The molecular formula is C20H18N4S2. The van der Waals surface area contributed by atoms with Gasteiger partial charge in [-0.15, -0.1) is 0 Å². The number of rotatable bonds is 4. The molecule has 2 heterocycles. The molecule has 0 saturated carbocycles. The number of para-hydroxylation sites is 1. The van der Waals surface area contributed by atoms with Crippen molar-refractivity contribution in [1.29, 1.82) is 0 Å². The van der Waals surface area contributed by atoms with Crippen LogP contribution in [-0.2, 0) is 5.75 Å². The van der Waals surface area contributed by atoms with E-state index in [1.54, 1.807) is 11.8 Å². The summed E-state index contributed by atoms with van der Waals surface area (Å²) < 4.78 is 2.57. The summed E-state index contributed by atoms with van der Waals surface area (Å²) in [5, 5.41) is 9.50. The Morgan fingerprint density at radius 3 is 2.69 bits per heavy atom. The summed E-state index contributed by atoms with van der Waals surface area (Å²) in [5.41, 5.74) is 4.53. The summed E-state index contributed by atoms with van der Waals surface area (Å²) in [4.78, 5) is 4.79. The first-order valence-corrected chi connectivity index (χ1v) is 9.74. The molecule has 1 N–H and O–H groups in total. The van der Waals surface area contributed by atoms with E-state index in [0.29, 0.717) is 10.5 Å². The quantitative estimate of drug-likeness (QED) is 0.382. The molecule has 0 aliphatic carbocycles. The smallest absolute Gasteiger partial charge is 0.199 e. The molecule has 4 aromatic rings. The monoisotopic (exact) mass is 378 g/mol. The van der Waals surface area contributed by atoms with E-state index in [0.717, 1.165) is 22.1 Å². The third kappa shape index (κ3) is 3.30. The summed E-state index contributed by atoms with van der Waals surface area (Å²) in [6.45, 7) is 4.24. The Labute approximate surface area is 161 Å². The lowest BCUT2D eigenvalue weighted by Crippen LogP contribution is -2.00. The van der Waals surface area contributed by atoms with Gasteiger partial charge in [0.1, 0.15) is 5.82 Å². The van der Waals surface area contributed by atoms with E-state index in [4.69, 9.17) is 17.2 Å². The van der Waals surface area contributed by atoms with Gasteiger partial charge < -0.3 is 0 Å². The number of hydrogen-bond donors (Lipinski definition) is 1. The number of H-pyrrole nitrogens is 1. The van der Waals surface area contributed by atoms with E-state index < -0.39 is 0 Å². The fraction of sp³-hybridized carbons (Fsp3) is 0.150. The summed E-state index contributed by atoms with van der Waals surface area (Å²) in [6, 6.07) is 18.6. The number of aryl methyl sites for hydroxylation is 2. The van der Waals surface area contributed by atoms with Gasteiger partial charge in [-0.3, -0.25) is 9.67 Å². The molecule has 0 radical (unpaired) electrons. The molecule has 0 saturated heterocycles. The fourth-order valence-corrected chi connectivity index (χ4v) is 4.11. The molecule has 2 aromatic carbocycles. The maximum absolute atomic E-state index is 5.40. The molecule has 130 valence electrons. The molecule has 26 heavy (non-hydrogen) atoms. The molecule has 4 nitrogen and oxygen atoms in total. The molecule has 6 heteroatoms. The van der Waals surface area contributed by atoms with E-state index in [-0.39, 0.29) is 0 Å². The Kier molecular flexibility index (Phi) is 4.61. The van der Waals surface area contributed by atoms with Crippen molar-refractivity contribution in [2.24, 2.45) is 0 Å². The summed E-state index contributed by atoms with van der Waals surface area (Å²) in [5.74, 6) is 1.57. The number of hydrogen-bond acceptors (Lipinski definition) is 4. The number of nitrogens with zero attached hydrogens (tertiary/aromatic N) is 3. The zero-order chi connectivity index (χ0) is 18.1. The van der Waals surface area contributed by atoms with Crippen LogP contribution in [0.3, 0.4) is 0 Å². The largest absolute Gasteiger partial charge is 0.271 e. The van der Waals surface area contributed by atoms with Crippen molar-refractivity contribution in [3.63, 3.8) is 0 Å². The summed E-state index contributed by atoms with van der Waals surface area (Å²) >= 11 is 7.07. The van der Waals surface area contributed by atoms with E-state index >= 15 is 0 Å². The molecule has 0 spiro atoms. The molecule has 2 aromatic heterocycles. The van der Waals surface area contributed by atoms with Crippen LogP contribution in [0.5, 0.6) is 0 Å². The molecule has 4 rings (SSSR count). The van der Waals surface area contributed by atoms with Crippen molar-refractivity contribution in [3.05, 3.63) is 76.3 Å². The van der Waals surface area contributed by atoms with Crippen LogP contribution in [-0.4, -0.2) is 19.7 Å². The number of aromatic amines is 1. The minimum atomic E-state index is 0.602. The lowest BCUT2D eigenvalue weighted by molar-refractivity contribution is 0.947. The van der Waals surface area contributed by atoms with Crippen molar-refractivity contribution >= 4 is 34.9 Å². The van der Waals surface area contributed by atoms with Gasteiger partial charge in [-0.2, -0.15) is 5.10 Å². The lowest BCUT2D eigenvalue weighted by Gasteiger charge is -2.08. The van der Waals surface area contributed by atoms with Gasteiger partial charge in [0.15, 0.2) is 4.77 Å². The first-order valence-electron chi connectivity index (χ1n) is 8.34. The van der Waals surface area contributed by atoms with E-state index in [2.05, 4.69) is 48.3 Å². The lowest BCUT2D eigenvalue weighted by atomic mass is 10.1.